The van der Waals surface area contributed by atoms with Gasteiger partial charge in [-0.1, -0.05) is 12.1 Å². The standard InChI is InChI=1S/C12H21N3O2/c1-4-8(2)13-7-10-14-12(15-17-10)11(16-3)9-5-6-9/h8-9,11,13H,4-7H2,1-3H3. The van der Waals surface area contributed by atoms with E-state index in [0.717, 1.165) is 6.42 Å². The van der Waals surface area contributed by atoms with E-state index in [4.69, 9.17) is 9.26 Å². The van der Waals surface area contributed by atoms with Crippen molar-refractivity contribution in [2.24, 2.45) is 5.92 Å². The first-order valence-electron chi connectivity index (χ1n) is 6.33. The molecule has 5 heteroatoms. The van der Waals surface area contributed by atoms with Crippen molar-refractivity contribution in [1.82, 2.24) is 15.5 Å². The average Bonchev–Trinajstić information content (AvgIpc) is 3.06. The molecule has 0 amide bonds. The summed E-state index contributed by atoms with van der Waals surface area (Å²) in [5, 5.41) is 7.33. The van der Waals surface area contributed by atoms with Gasteiger partial charge >= 0.3 is 0 Å². The van der Waals surface area contributed by atoms with Crippen LogP contribution in [0, 0.1) is 5.92 Å². The van der Waals surface area contributed by atoms with E-state index in [0.29, 0.717) is 30.2 Å². The van der Waals surface area contributed by atoms with Crippen molar-refractivity contribution in [3.8, 4) is 0 Å². The lowest BCUT2D eigenvalue weighted by molar-refractivity contribution is 0.0751. The Bertz CT molecular complexity index is 349. The Labute approximate surface area is 102 Å². The van der Waals surface area contributed by atoms with E-state index in [9.17, 15) is 0 Å². The topological polar surface area (TPSA) is 60.2 Å². The Morgan fingerprint density at radius 3 is 2.88 bits per heavy atom. The van der Waals surface area contributed by atoms with Gasteiger partial charge in [0, 0.05) is 13.2 Å². The van der Waals surface area contributed by atoms with Gasteiger partial charge < -0.3 is 14.6 Å². The van der Waals surface area contributed by atoms with Crippen LogP contribution in [0.2, 0.25) is 0 Å². The van der Waals surface area contributed by atoms with Gasteiger partial charge in [0.05, 0.1) is 6.54 Å². The van der Waals surface area contributed by atoms with Gasteiger partial charge in [-0.05, 0) is 32.1 Å². The Balaban J connectivity index is 1.90. The number of hydrogen-bond donors (Lipinski definition) is 1. The van der Waals surface area contributed by atoms with Crippen LogP contribution in [0.5, 0.6) is 0 Å². The van der Waals surface area contributed by atoms with E-state index >= 15 is 0 Å². The zero-order chi connectivity index (χ0) is 12.3. The minimum absolute atomic E-state index is 0.0103. The molecule has 1 aliphatic rings. The Hall–Kier alpha value is -0.940. The molecule has 0 saturated heterocycles. The first-order chi connectivity index (χ1) is 8.24. The molecular weight excluding hydrogens is 218 g/mol. The molecule has 0 bridgehead atoms. The maximum Gasteiger partial charge on any atom is 0.240 e. The molecule has 1 aliphatic carbocycles. The predicted molar refractivity (Wildman–Crippen MR) is 63.4 cm³/mol. The van der Waals surface area contributed by atoms with Gasteiger partial charge in [-0.15, -0.1) is 0 Å². The van der Waals surface area contributed by atoms with Gasteiger partial charge in [-0.2, -0.15) is 4.98 Å². The highest BCUT2D eigenvalue weighted by Crippen LogP contribution is 2.41. The van der Waals surface area contributed by atoms with E-state index in [1.807, 2.05) is 0 Å². The lowest BCUT2D eigenvalue weighted by Gasteiger charge is -2.09. The predicted octanol–water partition coefficient (Wildman–Crippen LogP) is 2.06. The minimum atomic E-state index is 0.0103. The third kappa shape index (κ3) is 3.26. The van der Waals surface area contributed by atoms with Crippen molar-refractivity contribution in [2.75, 3.05) is 7.11 Å². The number of aromatic nitrogens is 2. The molecular formula is C12H21N3O2. The molecule has 2 rings (SSSR count). The first kappa shape index (κ1) is 12.5. The van der Waals surface area contributed by atoms with Gasteiger partial charge in [-0.3, -0.25) is 0 Å². The summed E-state index contributed by atoms with van der Waals surface area (Å²) in [4.78, 5) is 4.38. The fourth-order valence-electron chi connectivity index (χ4n) is 1.77. The van der Waals surface area contributed by atoms with Crippen LogP contribution in [-0.2, 0) is 11.3 Å². The lowest BCUT2D eigenvalue weighted by atomic mass is 10.2. The summed E-state index contributed by atoms with van der Waals surface area (Å²) in [6.07, 6.45) is 3.50. The van der Waals surface area contributed by atoms with Gasteiger partial charge in [0.1, 0.15) is 6.10 Å². The van der Waals surface area contributed by atoms with Crippen LogP contribution < -0.4 is 5.32 Å². The van der Waals surface area contributed by atoms with Gasteiger partial charge in [0.2, 0.25) is 11.7 Å². The summed E-state index contributed by atoms with van der Waals surface area (Å²) < 4.78 is 10.6. The molecule has 1 aromatic rings. The van der Waals surface area contributed by atoms with Crippen LogP contribution in [0.25, 0.3) is 0 Å². The lowest BCUT2D eigenvalue weighted by Crippen LogP contribution is -2.24. The van der Waals surface area contributed by atoms with Crippen LogP contribution in [0.15, 0.2) is 4.52 Å². The Kier molecular flexibility index (Phi) is 4.12. The molecule has 96 valence electrons. The smallest absolute Gasteiger partial charge is 0.240 e. The van der Waals surface area contributed by atoms with Gasteiger partial charge in [-0.25, -0.2) is 0 Å². The van der Waals surface area contributed by atoms with Gasteiger partial charge in [0.15, 0.2) is 0 Å². The second kappa shape index (κ2) is 5.60. The van der Waals surface area contributed by atoms with Crippen molar-refractivity contribution in [3.05, 3.63) is 11.7 Å². The van der Waals surface area contributed by atoms with Crippen molar-refractivity contribution >= 4 is 0 Å². The summed E-state index contributed by atoms with van der Waals surface area (Å²) >= 11 is 0. The van der Waals surface area contributed by atoms with Crippen LogP contribution in [0.3, 0.4) is 0 Å². The number of ether oxygens (including phenoxy) is 1. The summed E-state index contributed by atoms with van der Waals surface area (Å²) in [5.41, 5.74) is 0. The third-order valence-electron chi connectivity index (χ3n) is 3.26. The second-order valence-corrected chi connectivity index (χ2v) is 4.73. The van der Waals surface area contributed by atoms with Crippen molar-refractivity contribution in [1.29, 1.82) is 0 Å². The first-order valence-corrected chi connectivity index (χ1v) is 6.33. The fraction of sp³-hybridized carbons (Fsp3) is 0.833. The number of rotatable bonds is 7. The average molecular weight is 239 g/mol. The van der Waals surface area contributed by atoms with E-state index in [1.54, 1.807) is 7.11 Å². The van der Waals surface area contributed by atoms with E-state index < -0.39 is 0 Å². The quantitative estimate of drug-likeness (QED) is 0.789. The highest BCUT2D eigenvalue weighted by Gasteiger charge is 2.35. The second-order valence-electron chi connectivity index (χ2n) is 4.73. The Morgan fingerprint density at radius 1 is 1.53 bits per heavy atom. The number of hydrogen-bond acceptors (Lipinski definition) is 5. The zero-order valence-electron chi connectivity index (χ0n) is 10.8. The highest BCUT2D eigenvalue weighted by atomic mass is 16.5. The van der Waals surface area contributed by atoms with Crippen LogP contribution in [-0.4, -0.2) is 23.3 Å². The maximum atomic E-state index is 5.41. The number of nitrogens with one attached hydrogen (secondary N) is 1. The highest BCUT2D eigenvalue weighted by molar-refractivity contribution is 4.98. The molecule has 0 radical (unpaired) electrons. The van der Waals surface area contributed by atoms with Gasteiger partial charge in [0.25, 0.3) is 0 Å². The SMILES string of the molecule is CCC(C)NCc1nc(C(OC)C2CC2)no1. The molecule has 17 heavy (non-hydrogen) atoms. The van der Waals surface area contributed by atoms with Crippen molar-refractivity contribution in [2.45, 2.75) is 51.8 Å². The van der Waals surface area contributed by atoms with Crippen LogP contribution in [0.4, 0.5) is 0 Å². The Morgan fingerprint density at radius 2 is 2.29 bits per heavy atom. The molecule has 0 aliphatic heterocycles. The molecule has 0 spiro atoms. The summed E-state index contributed by atoms with van der Waals surface area (Å²) in [6, 6.07) is 0.465. The molecule has 1 N–H and O–H groups in total. The maximum absolute atomic E-state index is 5.41. The molecule has 0 aromatic carbocycles. The van der Waals surface area contributed by atoms with E-state index in [1.165, 1.54) is 12.8 Å². The van der Waals surface area contributed by atoms with Crippen molar-refractivity contribution < 1.29 is 9.26 Å². The van der Waals surface area contributed by atoms with Crippen LogP contribution in [0.1, 0.15) is 50.9 Å². The number of nitrogens with zero attached hydrogens (tertiary/aromatic N) is 2. The fourth-order valence-corrected chi connectivity index (χ4v) is 1.77. The molecule has 2 unspecified atom stereocenters. The molecule has 2 atom stereocenters. The van der Waals surface area contributed by atoms with Crippen molar-refractivity contribution in [3.63, 3.8) is 0 Å². The third-order valence-corrected chi connectivity index (χ3v) is 3.26. The summed E-state index contributed by atoms with van der Waals surface area (Å²) in [6.45, 7) is 4.91. The summed E-state index contributed by atoms with van der Waals surface area (Å²) in [7, 11) is 1.70. The molecule has 1 saturated carbocycles. The molecule has 1 heterocycles. The molecule has 5 nitrogen and oxygen atoms in total. The largest absolute Gasteiger partial charge is 0.373 e. The summed E-state index contributed by atoms with van der Waals surface area (Å²) in [5.74, 6) is 1.91. The van der Waals surface area contributed by atoms with E-state index in [2.05, 4.69) is 29.3 Å². The molecule has 1 aromatic heterocycles. The monoisotopic (exact) mass is 239 g/mol. The van der Waals surface area contributed by atoms with Crippen LogP contribution >= 0.6 is 0 Å². The zero-order valence-corrected chi connectivity index (χ0v) is 10.8. The number of methoxy groups -OCH3 is 1. The molecule has 1 fully saturated rings. The normalized spacial score (nSPS) is 19.2. The minimum Gasteiger partial charge on any atom is -0.373 e. The van der Waals surface area contributed by atoms with E-state index in [-0.39, 0.29) is 6.10 Å².